The van der Waals surface area contributed by atoms with E-state index in [4.69, 9.17) is 9.57 Å². The minimum absolute atomic E-state index is 0.118. The molecule has 0 bridgehead atoms. The number of hydrogen-bond acceptors (Lipinski definition) is 6. The van der Waals surface area contributed by atoms with Gasteiger partial charge in [-0.2, -0.15) is 13.2 Å². The highest BCUT2D eigenvalue weighted by Crippen LogP contribution is 2.32. The highest BCUT2D eigenvalue weighted by atomic mass is 19.4. The van der Waals surface area contributed by atoms with Crippen LogP contribution < -0.4 is 9.64 Å². The SMILES string of the molecule is CC/C(=N/OCc1ccncc1)c1ccc(OCC(=O)N2CCN(c3cccc(C(F)(F)F)c3)CC2)cc1. The molecule has 1 amide bonds. The van der Waals surface area contributed by atoms with E-state index in [9.17, 15) is 18.0 Å². The molecule has 0 spiro atoms. The number of halogens is 3. The molecular weight excluding hydrogens is 497 g/mol. The molecule has 2 heterocycles. The maximum atomic E-state index is 13.0. The Morgan fingerprint density at radius 1 is 1.00 bits per heavy atom. The fraction of sp³-hybridized carbons (Fsp3) is 0.321. The van der Waals surface area contributed by atoms with Crippen molar-refractivity contribution in [2.75, 3.05) is 37.7 Å². The number of rotatable bonds is 9. The van der Waals surface area contributed by atoms with Crippen molar-refractivity contribution in [1.29, 1.82) is 0 Å². The highest BCUT2D eigenvalue weighted by Gasteiger charge is 2.31. The molecule has 3 aromatic rings. The second-order valence-corrected chi connectivity index (χ2v) is 8.75. The third kappa shape index (κ3) is 7.24. The van der Waals surface area contributed by atoms with Gasteiger partial charge in [0.15, 0.2) is 6.61 Å². The number of carbonyl (C=O) groups is 1. The number of carbonyl (C=O) groups excluding carboxylic acids is 1. The molecule has 1 aliphatic heterocycles. The van der Waals surface area contributed by atoms with Crippen LogP contribution in [0.1, 0.15) is 30.0 Å². The Hall–Kier alpha value is -4.08. The predicted octanol–water partition coefficient (Wildman–Crippen LogP) is 5.16. The van der Waals surface area contributed by atoms with E-state index in [1.165, 1.54) is 6.07 Å². The number of piperazine rings is 1. The summed E-state index contributed by atoms with van der Waals surface area (Å²) < 4.78 is 44.7. The van der Waals surface area contributed by atoms with Gasteiger partial charge in [0.2, 0.25) is 0 Å². The molecule has 0 radical (unpaired) electrons. The second-order valence-electron chi connectivity index (χ2n) is 8.75. The molecule has 0 unspecified atom stereocenters. The largest absolute Gasteiger partial charge is 0.484 e. The van der Waals surface area contributed by atoms with Gasteiger partial charge in [-0.25, -0.2) is 0 Å². The van der Waals surface area contributed by atoms with E-state index < -0.39 is 11.7 Å². The molecule has 7 nitrogen and oxygen atoms in total. The lowest BCUT2D eigenvalue weighted by Gasteiger charge is -2.36. The molecule has 38 heavy (non-hydrogen) atoms. The highest BCUT2D eigenvalue weighted by molar-refractivity contribution is 6.00. The maximum Gasteiger partial charge on any atom is 0.416 e. The molecule has 1 fully saturated rings. The van der Waals surface area contributed by atoms with E-state index in [1.807, 2.05) is 36.1 Å². The van der Waals surface area contributed by atoms with Crippen LogP contribution in [0.3, 0.4) is 0 Å². The Balaban J connectivity index is 1.24. The zero-order valence-corrected chi connectivity index (χ0v) is 21.0. The number of pyridine rings is 1. The first-order valence-corrected chi connectivity index (χ1v) is 12.3. The topological polar surface area (TPSA) is 67.3 Å². The normalized spacial score (nSPS) is 14.4. The molecule has 200 valence electrons. The molecular formula is C28H29F3N4O3. The van der Waals surface area contributed by atoms with Crippen molar-refractivity contribution in [3.63, 3.8) is 0 Å². The zero-order valence-electron chi connectivity index (χ0n) is 21.0. The van der Waals surface area contributed by atoms with Gasteiger partial charge in [-0.05, 0) is 72.1 Å². The number of alkyl halides is 3. The Morgan fingerprint density at radius 3 is 2.37 bits per heavy atom. The van der Waals surface area contributed by atoms with Crippen LogP contribution in [-0.2, 0) is 22.4 Å². The van der Waals surface area contributed by atoms with Crippen LogP contribution in [0.5, 0.6) is 5.75 Å². The molecule has 0 saturated carbocycles. The van der Waals surface area contributed by atoms with Gasteiger partial charge in [-0.15, -0.1) is 0 Å². The maximum absolute atomic E-state index is 13.0. The molecule has 1 saturated heterocycles. The van der Waals surface area contributed by atoms with Crippen LogP contribution in [0, 0.1) is 0 Å². The monoisotopic (exact) mass is 526 g/mol. The number of hydrogen-bond donors (Lipinski definition) is 0. The lowest BCUT2D eigenvalue weighted by atomic mass is 10.1. The lowest BCUT2D eigenvalue weighted by Crippen LogP contribution is -2.50. The zero-order chi connectivity index (χ0) is 27.0. The Kier molecular flexibility index (Phi) is 8.83. The summed E-state index contributed by atoms with van der Waals surface area (Å²) in [5.74, 6) is 0.385. The van der Waals surface area contributed by atoms with Gasteiger partial charge in [-0.3, -0.25) is 9.78 Å². The summed E-state index contributed by atoms with van der Waals surface area (Å²) in [5, 5.41) is 4.25. The lowest BCUT2D eigenvalue weighted by molar-refractivity contribution is -0.137. The third-order valence-corrected chi connectivity index (χ3v) is 6.21. The van der Waals surface area contributed by atoms with Gasteiger partial charge in [0.05, 0.1) is 11.3 Å². The molecule has 0 atom stereocenters. The minimum atomic E-state index is -4.39. The number of amides is 1. The molecule has 0 aliphatic carbocycles. The first-order chi connectivity index (χ1) is 18.3. The van der Waals surface area contributed by atoms with Crippen LogP contribution in [0.15, 0.2) is 78.2 Å². The van der Waals surface area contributed by atoms with E-state index in [0.717, 1.165) is 29.0 Å². The van der Waals surface area contributed by atoms with Crippen molar-refractivity contribution in [2.45, 2.75) is 26.1 Å². The fourth-order valence-electron chi connectivity index (χ4n) is 4.06. The first-order valence-electron chi connectivity index (χ1n) is 12.3. The van der Waals surface area contributed by atoms with Crippen molar-refractivity contribution in [1.82, 2.24) is 9.88 Å². The number of ether oxygens (including phenoxy) is 1. The Morgan fingerprint density at radius 2 is 1.71 bits per heavy atom. The molecule has 1 aromatic heterocycles. The van der Waals surface area contributed by atoms with Crippen molar-refractivity contribution in [3.8, 4) is 5.75 Å². The quantitative estimate of drug-likeness (QED) is 0.285. The number of nitrogens with zero attached hydrogens (tertiary/aromatic N) is 4. The van der Waals surface area contributed by atoms with E-state index in [1.54, 1.807) is 35.5 Å². The summed E-state index contributed by atoms with van der Waals surface area (Å²) in [6.45, 7) is 3.94. The van der Waals surface area contributed by atoms with Crippen molar-refractivity contribution in [3.05, 3.63) is 89.7 Å². The van der Waals surface area contributed by atoms with Gasteiger partial charge in [0.1, 0.15) is 12.4 Å². The Labute approximate surface area is 219 Å². The van der Waals surface area contributed by atoms with Gasteiger partial charge >= 0.3 is 6.18 Å². The molecule has 10 heteroatoms. The average Bonchev–Trinajstić information content (AvgIpc) is 2.95. The third-order valence-electron chi connectivity index (χ3n) is 6.21. The summed E-state index contributed by atoms with van der Waals surface area (Å²) in [7, 11) is 0. The van der Waals surface area contributed by atoms with Crippen molar-refractivity contribution < 1.29 is 27.5 Å². The number of oxime groups is 1. The van der Waals surface area contributed by atoms with Crippen LogP contribution in [-0.4, -0.2) is 54.3 Å². The van der Waals surface area contributed by atoms with Crippen LogP contribution in [0.4, 0.5) is 18.9 Å². The van der Waals surface area contributed by atoms with Gasteiger partial charge in [-0.1, -0.05) is 18.1 Å². The van der Waals surface area contributed by atoms with E-state index in [2.05, 4.69) is 10.1 Å². The minimum Gasteiger partial charge on any atom is -0.484 e. The standard InChI is InChI=1S/C28H29F3N4O3/c1-2-26(33-38-19-21-10-12-32-13-11-21)22-6-8-25(9-7-22)37-20-27(36)35-16-14-34(15-17-35)24-5-3-4-23(18-24)28(29,30)31/h3-13,18H,2,14-17,19-20H2,1H3/b33-26-. The fourth-order valence-corrected chi connectivity index (χ4v) is 4.06. The van der Waals surface area contributed by atoms with E-state index in [-0.39, 0.29) is 12.5 Å². The second kappa shape index (κ2) is 12.4. The molecule has 2 aromatic carbocycles. The predicted molar refractivity (Wildman–Crippen MR) is 138 cm³/mol. The number of aromatic nitrogens is 1. The van der Waals surface area contributed by atoms with Crippen molar-refractivity contribution in [2.24, 2.45) is 5.16 Å². The summed E-state index contributed by atoms with van der Waals surface area (Å²) >= 11 is 0. The summed E-state index contributed by atoms with van der Waals surface area (Å²) in [6.07, 6.45) is -0.301. The van der Waals surface area contributed by atoms with Crippen LogP contribution >= 0.6 is 0 Å². The molecule has 0 N–H and O–H groups in total. The summed E-state index contributed by atoms with van der Waals surface area (Å²) in [4.78, 5) is 25.6. The molecule has 4 rings (SSSR count). The number of benzene rings is 2. The summed E-state index contributed by atoms with van der Waals surface area (Å²) in [6, 6.07) is 16.3. The van der Waals surface area contributed by atoms with Gasteiger partial charge in [0, 0.05) is 44.3 Å². The van der Waals surface area contributed by atoms with Gasteiger partial charge < -0.3 is 19.4 Å². The van der Waals surface area contributed by atoms with Crippen molar-refractivity contribution >= 4 is 17.3 Å². The Bertz CT molecular complexity index is 1230. The average molecular weight is 527 g/mol. The summed E-state index contributed by atoms with van der Waals surface area (Å²) in [5.41, 5.74) is 2.49. The number of anilines is 1. The van der Waals surface area contributed by atoms with Crippen LogP contribution in [0.2, 0.25) is 0 Å². The van der Waals surface area contributed by atoms with Crippen LogP contribution in [0.25, 0.3) is 0 Å². The molecule has 1 aliphatic rings. The van der Waals surface area contributed by atoms with E-state index in [0.29, 0.717) is 50.6 Å². The van der Waals surface area contributed by atoms with E-state index >= 15 is 0 Å². The smallest absolute Gasteiger partial charge is 0.416 e. The van der Waals surface area contributed by atoms with Gasteiger partial charge in [0.25, 0.3) is 5.91 Å². The first kappa shape index (κ1) is 27.0.